The average Bonchev–Trinajstić information content (AvgIpc) is 2.71. The van der Waals surface area contributed by atoms with Crippen LogP contribution in [0.3, 0.4) is 0 Å². The second-order valence-electron chi connectivity index (χ2n) is 5.58. The smallest absolute Gasteiger partial charge is 0.154 e. The molecule has 0 radical (unpaired) electrons. The van der Waals surface area contributed by atoms with Gasteiger partial charge in [-0.2, -0.15) is 0 Å². The van der Waals surface area contributed by atoms with Crippen LogP contribution in [0.2, 0.25) is 0 Å². The molecule has 0 aliphatic carbocycles. The molecular weight excluding hydrogens is 354 g/mol. The zero-order chi connectivity index (χ0) is 16.2. The maximum atomic E-state index is 11.9. The van der Waals surface area contributed by atoms with Crippen molar-refractivity contribution in [1.82, 2.24) is 9.88 Å². The van der Waals surface area contributed by atoms with Gasteiger partial charge in [0, 0.05) is 30.7 Å². The number of fused-ring (bicyclic) bond motifs is 1. The Kier molecular flexibility index (Phi) is 4.98. The van der Waals surface area contributed by atoms with Crippen molar-refractivity contribution in [3.8, 4) is 0 Å². The zero-order valence-electron chi connectivity index (χ0n) is 13.0. The quantitative estimate of drug-likeness (QED) is 0.656. The summed E-state index contributed by atoms with van der Waals surface area (Å²) in [5, 5.41) is 4.38. The number of aldehydes is 1. The van der Waals surface area contributed by atoms with Crippen LogP contribution in [0, 0.1) is 0 Å². The molecule has 0 amide bonds. The van der Waals surface area contributed by atoms with E-state index in [0.717, 1.165) is 66.9 Å². The summed E-state index contributed by atoms with van der Waals surface area (Å²) < 4.78 is 2.09. The molecular formula is C18H20BrN3O. The zero-order valence-corrected chi connectivity index (χ0v) is 14.6. The highest BCUT2D eigenvalue weighted by Crippen LogP contribution is 2.34. The Morgan fingerprint density at radius 1 is 1.26 bits per heavy atom. The van der Waals surface area contributed by atoms with Crippen molar-refractivity contribution in [3.05, 3.63) is 47.5 Å². The Bertz CT molecular complexity index is 755. The van der Waals surface area contributed by atoms with Crippen LogP contribution in [0.15, 0.2) is 41.9 Å². The Morgan fingerprint density at radius 2 is 2.09 bits per heavy atom. The number of hydrogen-bond acceptors (Lipinski definition) is 3. The van der Waals surface area contributed by atoms with E-state index in [0.29, 0.717) is 0 Å². The number of allylic oxidation sites excluding steroid dienone is 2. The van der Waals surface area contributed by atoms with E-state index in [1.54, 1.807) is 4.99 Å². The van der Waals surface area contributed by atoms with Gasteiger partial charge in [-0.25, -0.2) is 0 Å². The van der Waals surface area contributed by atoms with Crippen molar-refractivity contribution in [1.29, 1.82) is 0 Å². The Labute approximate surface area is 144 Å². The Balaban J connectivity index is 2.26. The molecule has 0 bridgehead atoms. The molecule has 120 valence electrons. The fourth-order valence-electron chi connectivity index (χ4n) is 3.17. The molecule has 0 unspecified atom stereocenters. The van der Waals surface area contributed by atoms with Crippen LogP contribution in [-0.4, -0.2) is 37.0 Å². The average molecular weight is 374 g/mol. The Morgan fingerprint density at radius 3 is 2.87 bits per heavy atom. The van der Waals surface area contributed by atoms with Gasteiger partial charge in [0.2, 0.25) is 0 Å². The van der Waals surface area contributed by atoms with Crippen molar-refractivity contribution in [2.24, 2.45) is 0 Å². The molecule has 0 atom stereocenters. The first kappa shape index (κ1) is 16.0. The number of nitrogens with one attached hydrogen (secondary N) is 1. The van der Waals surface area contributed by atoms with Crippen LogP contribution < -0.4 is 10.2 Å². The van der Waals surface area contributed by atoms with Gasteiger partial charge in [0.05, 0.1) is 11.1 Å². The highest BCUT2D eigenvalue weighted by molar-refractivity contribution is 9.11. The predicted molar refractivity (Wildman–Crippen MR) is 100 cm³/mol. The molecule has 1 N–H and O–H groups in total. The molecule has 2 heterocycles. The van der Waals surface area contributed by atoms with Crippen LogP contribution in [0.5, 0.6) is 0 Å². The van der Waals surface area contributed by atoms with E-state index in [1.165, 1.54) is 0 Å². The summed E-state index contributed by atoms with van der Waals surface area (Å²) in [6.45, 7) is 7.91. The fraction of sp³-hybridized carbons (Fsp3) is 0.278. The third-order valence-electron chi connectivity index (χ3n) is 4.19. The van der Waals surface area contributed by atoms with Crippen LogP contribution >= 0.6 is 15.9 Å². The molecule has 0 spiro atoms. The first-order chi connectivity index (χ1) is 11.3. The van der Waals surface area contributed by atoms with E-state index in [-0.39, 0.29) is 0 Å². The minimum absolute atomic E-state index is 0.742. The molecule has 23 heavy (non-hydrogen) atoms. The summed E-state index contributed by atoms with van der Waals surface area (Å²) in [5.74, 6) is 0.945. The maximum Gasteiger partial charge on any atom is 0.154 e. The molecule has 4 nitrogen and oxygen atoms in total. The number of halogens is 1. The lowest BCUT2D eigenvalue weighted by Crippen LogP contribution is -2.30. The first-order valence-electron chi connectivity index (χ1n) is 7.78. The maximum absolute atomic E-state index is 11.9. The third kappa shape index (κ3) is 2.99. The van der Waals surface area contributed by atoms with Crippen molar-refractivity contribution in [2.75, 3.05) is 31.1 Å². The lowest BCUT2D eigenvalue weighted by molar-refractivity contribution is 0.112. The normalized spacial score (nSPS) is 16.0. The first-order valence-corrected chi connectivity index (χ1v) is 8.70. The summed E-state index contributed by atoms with van der Waals surface area (Å²) in [6, 6.07) is 8.00. The molecule has 1 aromatic heterocycles. The molecule has 1 fully saturated rings. The molecule has 1 aromatic carbocycles. The summed E-state index contributed by atoms with van der Waals surface area (Å²) in [6.07, 6.45) is 3.93. The topological polar surface area (TPSA) is 37.3 Å². The second-order valence-corrected chi connectivity index (χ2v) is 6.11. The predicted octanol–water partition coefficient (Wildman–Crippen LogP) is 3.63. The van der Waals surface area contributed by atoms with Gasteiger partial charge >= 0.3 is 0 Å². The molecule has 3 rings (SSSR count). The van der Waals surface area contributed by atoms with Gasteiger partial charge in [0.1, 0.15) is 5.82 Å². The summed E-state index contributed by atoms with van der Waals surface area (Å²) in [4.78, 5) is 15.9. The van der Waals surface area contributed by atoms with Crippen LogP contribution in [0.25, 0.3) is 16.6 Å². The number of aromatic nitrogens is 1. The van der Waals surface area contributed by atoms with E-state index in [9.17, 15) is 4.79 Å². The van der Waals surface area contributed by atoms with Crippen molar-refractivity contribution >= 4 is 44.6 Å². The summed E-state index contributed by atoms with van der Waals surface area (Å²) in [7, 11) is 0. The van der Waals surface area contributed by atoms with Crippen molar-refractivity contribution < 1.29 is 4.79 Å². The number of anilines is 1. The van der Waals surface area contributed by atoms with Gasteiger partial charge in [0.15, 0.2) is 6.29 Å². The van der Waals surface area contributed by atoms with Gasteiger partial charge < -0.3 is 10.2 Å². The molecule has 5 heteroatoms. The second kappa shape index (κ2) is 7.15. The van der Waals surface area contributed by atoms with Crippen LogP contribution in [0.4, 0.5) is 5.82 Å². The number of carbonyl (C=O) groups excluding carboxylic acids is 1. The number of rotatable bonds is 4. The lowest BCUT2D eigenvalue weighted by atomic mass is 10.2. The molecule has 2 aromatic rings. The fourth-order valence-corrected chi connectivity index (χ4v) is 3.48. The van der Waals surface area contributed by atoms with Gasteiger partial charge in [-0.3, -0.25) is 9.36 Å². The molecule has 1 aliphatic heterocycles. The van der Waals surface area contributed by atoms with E-state index in [4.69, 9.17) is 0 Å². The SMILES string of the molecule is C=C(/C=C/Br)n1c(N2CCCNCC2)c(C=O)c2ccccc21. The number of para-hydroxylation sites is 1. The molecule has 0 saturated carbocycles. The molecule has 1 aliphatic rings. The number of benzene rings is 1. The minimum Gasteiger partial charge on any atom is -0.356 e. The van der Waals surface area contributed by atoms with Gasteiger partial charge in [0.25, 0.3) is 0 Å². The van der Waals surface area contributed by atoms with E-state index < -0.39 is 0 Å². The number of nitrogens with zero attached hydrogens (tertiary/aromatic N) is 2. The molecule has 1 saturated heterocycles. The van der Waals surface area contributed by atoms with E-state index >= 15 is 0 Å². The highest BCUT2D eigenvalue weighted by atomic mass is 79.9. The summed E-state index contributed by atoms with van der Waals surface area (Å²) in [5.41, 5.74) is 2.59. The minimum atomic E-state index is 0.742. The highest BCUT2D eigenvalue weighted by Gasteiger charge is 2.23. The van der Waals surface area contributed by atoms with Crippen LogP contribution in [-0.2, 0) is 0 Å². The monoisotopic (exact) mass is 373 g/mol. The van der Waals surface area contributed by atoms with Gasteiger partial charge in [-0.1, -0.05) is 40.7 Å². The van der Waals surface area contributed by atoms with Crippen molar-refractivity contribution in [2.45, 2.75) is 6.42 Å². The number of hydrogen-bond donors (Lipinski definition) is 1. The standard InChI is InChI=1S/C18H20BrN3O/c1-14(7-8-19)22-17-6-3-2-5-15(17)16(13-23)18(22)21-11-4-9-20-10-12-21/h2-3,5-8,13,20H,1,4,9-12H2/b8-7+. The van der Waals surface area contributed by atoms with Crippen LogP contribution in [0.1, 0.15) is 16.8 Å². The Hall–Kier alpha value is -1.85. The van der Waals surface area contributed by atoms with Gasteiger partial charge in [-0.05, 0) is 30.1 Å². The number of carbonyl (C=O) groups is 1. The van der Waals surface area contributed by atoms with E-state index in [1.807, 2.05) is 30.3 Å². The van der Waals surface area contributed by atoms with Gasteiger partial charge in [-0.15, -0.1) is 0 Å². The van der Waals surface area contributed by atoms with E-state index in [2.05, 4.69) is 37.3 Å². The van der Waals surface area contributed by atoms with Crippen molar-refractivity contribution in [3.63, 3.8) is 0 Å². The summed E-state index contributed by atoms with van der Waals surface area (Å²) >= 11 is 3.32. The largest absolute Gasteiger partial charge is 0.356 e. The lowest BCUT2D eigenvalue weighted by Gasteiger charge is -2.25. The third-order valence-corrected chi connectivity index (χ3v) is 4.45.